The first-order valence-electron chi connectivity index (χ1n) is 9.04. The average molecular weight is 392 g/mol. The van der Waals surface area contributed by atoms with E-state index >= 15 is 0 Å². The van der Waals surface area contributed by atoms with Crippen LogP contribution in [0.4, 0.5) is 11.4 Å². The molecule has 0 unspecified atom stereocenters. The highest BCUT2D eigenvalue weighted by Gasteiger charge is 2.30. The lowest BCUT2D eigenvalue weighted by molar-refractivity contribution is 0.102. The molecule has 1 amide bonds. The lowest BCUT2D eigenvalue weighted by Gasteiger charge is -2.20. The van der Waals surface area contributed by atoms with Gasteiger partial charge in [-0.3, -0.25) is 9.10 Å². The normalized spacial score (nSPS) is 13.2. The maximum absolute atomic E-state index is 13.2. The van der Waals surface area contributed by atoms with E-state index in [1.807, 2.05) is 55.5 Å². The van der Waals surface area contributed by atoms with Crippen molar-refractivity contribution in [1.29, 1.82) is 0 Å². The van der Waals surface area contributed by atoms with Crippen molar-refractivity contribution < 1.29 is 13.2 Å². The number of rotatable bonds is 4. The molecule has 0 saturated heterocycles. The van der Waals surface area contributed by atoms with Crippen LogP contribution in [0, 0.1) is 6.92 Å². The zero-order chi connectivity index (χ0) is 19.7. The first kappa shape index (κ1) is 18.3. The van der Waals surface area contributed by atoms with Gasteiger partial charge in [0.1, 0.15) is 0 Å². The average Bonchev–Trinajstić information content (AvgIpc) is 3.15. The quantitative estimate of drug-likeness (QED) is 0.730. The summed E-state index contributed by atoms with van der Waals surface area (Å²) in [6.07, 6.45) is 0.683. The second-order valence-electron chi connectivity index (χ2n) is 6.75. The third-order valence-electron chi connectivity index (χ3n) is 4.92. The molecule has 3 aromatic rings. The van der Waals surface area contributed by atoms with Crippen molar-refractivity contribution >= 4 is 27.3 Å². The van der Waals surface area contributed by atoms with Crippen LogP contribution in [0.25, 0.3) is 0 Å². The molecular formula is C22H20N2O3S. The molecule has 0 fully saturated rings. The molecule has 6 heteroatoms. The Morgan fingerprint density at radius 1 is 0.964 bits per heavy atom. The van der Waals surface area contributed by atoms with Gasteiger partial charge in [-0.1, -0.05) is 42.5 Å². The molecule has 3 aromatic carbocycles. The van der Waals surface area contributed by atoms with Gasteiger partial charge in [0.05, 0.1) is 10.6 Å². The lowest BCUT2D eigenvalue weighted by Crippen LogP contribution is -2.29. The Balaban J connectivity index is 1.64. The lowest BCUT2D eigenvalue weighted by atomic mass is 10.1. The SMILES string of the molecule is Cc1ccccc1NC(=O)c1cccc(S(=O)(=O)N2CCc3ccccc32)c1. The van der Waals surface area contributed by atoms with Gasteiger partial charge in [0.25, 0.3) is 15.9 Å². The van der Waals surface area contributed by atoms with E-state index in [1.54, 1.807) is 12.1 Å². The van der Waals surface area contributed by atoms with Gasteiger partial charge in [0.15, 0.2) is 0 Å². The van der Waals surface area contributed by atoms with Gasteiger partial charge < -0.3 is 5.32 Å². The fraction of sp³-hybridized carbons (Fsp3) is 0.136. The van der Waals surface area contributed by atoms with Crippen LogP contribution >= 0.6 is 0 Å². The van der Waals surface area contributed by atoms with Crippen LogP contribution in [0.15, 0.2) is 77.7 Å². The van der Waals surface area contributed by atoms with Crippen molar-refractivity contribution in [3.8, 4) is 0 Å². The summed E-state index contributed by atoms with van der Waals surface area (Å²) in [5.74, 6) is -0.340. The highest BCUT2D eigenvalue weighted by atomic mass is 32.2. The Labute approximate surface area is 164 Å². The summed E-state index contributed by atoms with van der Waals surface area (Å²) in [5, 5.41) is 2.84. The number of carbonyl (C=O) groups is 1. The van der Waals surface area contributed by atoms with E-state index in [1.165, 1.54) is 16.4 Å². The number of benzene rings is 3. The van der Waals surface area contributed by atoms with Crippen molar-refractivity contribution in [2.24, 2.45) is 0 Å². The molecular weight excluding hydrogens is 372 g/mol. The molecule has 5 nitrogen and oxygen atoms in total. The number of aryl methyl sites for hydroxylation is 1. The summed E-state index contributed by atoms with van der Waals surface area (Å²) < 4.78 is 27.8. The van der Waals surface area contributed by atoms with Crippen molar-refractivity contribution in [3.05, 3.63) is 89.5 Å². The van der Waals surface area contributed by atoms with Gasteiger partial charge in [-0.05, 0) is 54.8 Å². The van der Waals surface area contributed by atoms with Gasteiger partial charge in [-0.15, -0.1) is 0 Å². The molecule has 4 rings (SSSR count). The number of carbonyl (C=O) groups excluding carboxylic acids is 1. The highest BCUT2D eigenvalue weighted by molar-refractivity contribution is 7.92. The van der Waals surface area contributed by atoms with Gasteiger partial charge in [-0.25, -0.2) is 8.42 Å². The third-order valence-corrected chi connectivity index (χ3v) is 6.73. The Morgan fingerprint density at radius 2 is 1.71 bits per heavy atom. The van der Waals surface area contributed by atoms with Crippen molar-refractivity contribution in [2.75, 3.05) is 16.2 Å². The zero-order valence-corrected chi connectivity index (χ0v) is 16.2. The number of hydrogen-bond donors (Lipinski definition) is 1. The smallest absolute Gasteiger partial charge is 0.264 e. The maximum Gasteiger partial charge on any atom is 0.264 e. The van der Waals surface area contributed by atoms with Crippen LogP contribution in [0.5, 0.6) is 0 Å². The Kier molecular flexibility index (Phi) is 4.65. The summed E-state index contributed by atoms with van der Waals surface area (Å²) in [6, 6.07) is 21.1. The first-order valence-corrected chi connectivity index (χ1v) is 10.5. The number of para-hydroxylation sites is 2. The first-order chi connectivity index (χ1) is 13.5. The Bertz CT molecular complexity index is 1160. The molecule has 0 aliphatic carbocycles. The number of sulfonamides is 1. The number of hydrogen-bond acceptors (Lipinski definition) is 3. The minimum Gasteiger partial charge on any atom is -0.322 e. The highest BCUT2D eigenvalue weighted by Crippen LogP contribution is 2.32. The summed E-state index contributed by atoms with van der Waals surface area (Å²) in [5.41, 5.74) is 3.66. The predicted octanol–water partition coefficient (Wildman–Crippen LogP) is 4.00. The molecule has 28 heavy (non-hydrogen) atoms. The van der Waals surface area contributed by atoms with Crippen LogP contribution in [-0.4, -0.2) is 20.9 Å². The van der Waals surface area contributed by atoms with Gasteiger partial charge in [-0.2, -0.15) is 0 Å². The third kappa shape index (κ3) is 3.27. The second kappa shape index (κ2) is 7.13. The molecule has 0 radical (unpaired) electrons. The molecule has 0 spiro atoms. The molecule has 1 heterocycles. The molecule has 1 N–H and O–H groups in total. The molecule has 1 aliphatic heterocycles. The summed E-state index contributed by atoms with van der Waals surface area (Å²) in [7, 11) is -3.74. The van der Waals surface area contributed by atoms with Crippen molar-refractivity contribution in [3.63, 3.8) is 0 Å². The Hall–Kier alpha value is -3.12. The molecule has 0 aromatic heterocycles. The van der Waals surface area contributed by atoms with Crippen molar-refractivity contribution in [1.82, 2.24) is 0 Å². The number of anilines is 2. The maximum atomic E-state index is 13.2. The largest absolute Gasteiger partial charge is 0.322 e. The fourth-order valence-electron chi connectivity index (χ4n) is 3.39. The molecule has 142 valence electrons. The van der Waals surface area contributed by atoms with E-state index < -0.39 is 10.0 Å². The number of amides is 1. The Morgan fingerprint density at radius 3 is 2.54 bits per heavy atom. The molecule has 0 saturated carbocycles. The molecule has 0 bridgehead atoms. The van der Waals surface area contributed by atoms with Crippen LogP contribution < -0.4 is 9.62 Å². The number of nitrogens with zero attached hydrogens (tertiary/aromatic N) is 1. The van der Waals surface area contributed by atoms with Crippen LogP contribution in [0.1, 0.15) is 21.5 Å². The summed E-state index contributed by atoms with van der Waals surface area (Å²) >= 11 is 0. The van der Waals surface area contributed by atoms with E-state index in [9.17, 15) is 13.2 Å². The van der Waals surface area contributed by atoms with E-state index in [0.29, 0.717) is 29.9 Å². The summed E-state index contributed by atoms with van der Waals surface area (Å²) in [4.78, 5) is 12.8. The van der Waals surface area contributed by atoms with Gasteiger partial charge >= 0.3 is 0 Å². The molecule has 0 atom stereocenters. The number of nitrogens with one attached hydrogen (secondary N) is 1. The topological polar surface area (TPSA) is 66.5 Å². The zero-order valence-electron chi connectivity index (χ0n) is 15.4. The monoisotopic (exact) mass is 392 g/mol. The minimum absolute atomic E-state index is 0.113. The minimum atomic E-state index is -3.74. The van der Waals surface area contributed by atoms with Crippen LogP contribution in [0.3, 0.4) is 0 Å². The van der Waals surface area contributed by atoms with E-state index in [0.717, 1.165) is 11.1 Å². The van der Waals surface area contributed by atoms with E-state index in [-0.39, 0.29) is 10.8 Å². The van der Waals surface area contributed by atoms with E-state index in [2.05, 4.69) is 5.32 Å². The van der Waals surface area contributed by atoms with Crippen LogP contribution in [0.2, 0.25) is 0 Å². The molecule has 1 aliphatic rings. The van der Waals surface area contributed by atoms with Gasteiger partial charge in [0.2, 0.25) is 0 Å². The predicted molar refractivity (Wildman–Crippen MR) is 110 cm³/mol. The standard InChI is InChI=1S/C22H20N2O3S/c1-16-7-2-4-11-20(16)23-22(25)18-9-6-10-19(15-18)28(26,27)24-14-13-17-8-3-5-12-21(17)24/h2-12,15H,13-14H2,1H3,(H,23,25). The number of fused-ring (bicyclic) bond motifs is 1. The summed E-state index contributed by atoms with van der Waals surface area (Å²) in [6.45, 7) is 2.31. The van der Waals surface area contributed by atoms with Gasteiger partial charge in [0, 0.05) is 17.8 Å². The van der Waals surface area contributed by atoms with Crippen molar-refractivity contribution in [2.45, 2.75) is 18.2 Å². The fourth-order valence-corrected chi connectivity index (χ4v) is 4.94. The second-order valence-corrected chi connectivity index (χ2v) is 8.62. The van der Waals surface area contributed by atoms with Crippen LogP contribution in [-0.2, 0) is 16.4 Å². The van der Waals surface area contributed by atoms with E-state index in [4.69, 9.17) is 0 Å².